The number of ketones is 1. The summed E-state index contributed by atoms with van der Waals surface area (Å²) >= 11 is 1.68. The number of hydrogen-bond donors (Lipinski definition) is 1. The lowest BCUT2D eigenvalue weighted by atomic mass is 9.76. The number of rotatable bonds is 7. The van der Waals surface area contributed by atoms with Crippen molar-refractivity contribution in [3.05, 3.63) is 22.4 Å². The van der Waals surface area contributed by atoms with Gasteiger partial charge in [-0.1, -0.05) is 13.8 Å². The maximum Gasteiger partial charge on any atom is 0.140 e. The van der Waals surface area contributed by atoms with Crippen molar-refractivity contribution in [3.8, 4) is 0 Å². The zero-order valence-corrected chi connectivity index (χ0v) is 11.0. The van der Waals surface area contributed by atoms with Crippen molar-refractivity contribution in [2.75, 3.05) is 6.54 Å². The van der Waals surface area contributed by atoms with Gasteiger partial charge in [0, 0.05) is 18.4 Å². The van der Waals surface area contributed by atoms with Gasteiger partial charge in [-0.05, 0) is 41.7 Å². The van der Waals surface area contributed by atoms with Crippen molar-refractivity contribution in [1.29, 1.82) is 0 Å². The predicted octanol–water partition coefficient (Wildman–Crippen LogP) is 3.01. The van der Waals surface area contributed by atoms with Crippen LogP contribution in [0.2, 0.25) is 0 Å². The van der Waals surface area contributed by atoms with Crippen LogP contribution < -0.4 is 5.73 Å². The molecule has 0 radical (unpaired) electrons. The van der Waals surface area contributed by atoms with Crippen molar-refractivity contribution in [1.82, 2.24) is 0 Å². The highest BCUT2D eigenvalue weighted by atomic mass is 32.1. The highest BCUT2D eigenvalue weighted by Gasteiger charge is 2.32. The van der Waals surface area contributed by atoms with E-state index in [1.807, 2.05) is 0 Å². The molecule has 2 N–H and O–H groups in total. The van der Waals surface area contributed by atoms with Gasteiger partial charge in [-0.3, -0.25) is 4.79 Å². The maximum absolute atomic E-state index is 12.2. The molecule has 16 heavy (non-hydrogen) atoms. The summed E-state index contributed by atoms with van der Waals surface area (Å²) < 4.78 is 0. The fourth-order valence-electron chi connectivity index (χ4n) is 2.00. The Kier molecular flexibility index (Phi) is 5.16. The first-order valence-corrected chi connectivity index (χ1v) is 6.87. The molecule has 0 spiro atoms. The lowest BCUT2D eigenvalue weighted by molar-refractivity contribution is -0.128. The molecule has 0 fully saturated rings. The second kappa shape index (κ2) is 6.16. The molecule has 1 aromatic heterocycles. The standard InChI is InChI=1S/C13H21NOS/c1-3-13(4-2,10-14)12(15)6-5-11-7-8-16-9-11/h7-9H,3-6,10,14H2,1-2H3. The summed E-state index contributed by atoms with van der Waals surface area (Å²) in [6.07, 6.45) is 3.17. The minimum atomic E-state index is -0.282. The van der Waals surface area contributed by atoms with E-state index in [-0.39, 0.29) is 5.41 Å². The minimum absolute atomic E-state index is 0.282. The van der Waals surface area contributed by atoms with E-state index in [0.717, 1.165) is 19.3 Å². The van der Waals surface area contributed by atoms with Gasteiger partial charge >= 0.3 is 0 Å². The van der Waals surface area contributed by atoms with Gasteiger partial charge in [0.2, 0.25) is 0 Å². The summed E-state index contributed by atoms with van der Waals surface area (Å²) in [5.41, 5.74) is 6.74. The summed E-state index contributed by atoms with van der Waals surface area (Å²) in [5.74, 6) is 0.325. The first kappa shape index (κ1) is 13.4. The first-order valence-electron chi connectivity index (χ1n) is 5.93. The van der Waals surface area contributed by atoms with Gasteiger partial charge < -0.3 is 5.73 Å². The molecule has 0 aliphatic rings. The van der Waals surface area contributed by atoms with Crippen LogP contribution in [0.25, 0.3) is 0 Å². The number of thiophene rings is 1. The Balaban J connectivity index is 2.56. The zero-order valence-electron chi connectivity index (χ0n) is 10.2. The van der Waals surface area contributed by atoms with Crippen LogP contribution in [0.3, 0.4) is 0 Å². The molecule has 0 amide bonds. The van der Waals surface area contributed by atoms with Crippen molar-refractivity contribution in [2.24, 2.45) is 11.1 Å². The van der Waals surface area contributed by atoms with Crippen LogP contribution in [0.5, 0.6) is 0 Å². The second-order valence-corrected chi connectivity index (χ2v) is 5.03. The number of nitrogens with two attached hydrogens (primary N) is 1. The minimum Gasteiger partial charge on any atom is -0.329 e. The van der Waals surface area contributed by atoms with E-state index < -0.39 is 0 Å². The van der Waals surface area contributed by atoms with Crippen LogP contribution in [-0.4, -0.2) is 12.3 Å². The summed E-state index contributed by atoms with van der Waals surface area (Å²) in [5, 5.41) is 4.16. The molecule has 0 aliphatic heterocycles. The molecule has 2 nitrogen and oxygen atoms in total. The Morgan fingerprint density at radius 2 is 2.12 bits per heavy atom. The Morgan fingerprint density at radius 1 is 1.44 bits per heavy atom. The van der Waals surface area contributed by atoms with E-state index >= 15 is 0 Å². The lowest BCUT2D eigenvalue weighted by Crippen LogP contribution is -2.37. The highest BCUT2D eigenvalue weighted by Crippen LogP contribution is 2.28. The molecule has 0 atom stereocenters. The Morgan fingerprint density at radius 3 is 2.56 bits per heavy atom. The first-order chi connectivity index (χ1) is 7.68. The van der Waals surface area contributed by atoms with E-state index in [1.165, 1.54) is 5.56 Å². The summed E-state index contributed by atoms with van der Waals surface area (Å²) in [4.78, 5) is 12.2. The monoisotopic (exact) mass is 239 g/mol. The van der Waals surface area contributed by atoms with Crippen molar-refractivity contribution >= 4 is 17.1 Å². The van der Waals surface area contributed by atoms with Crippen molar-refractivity contribution < 1.29 is 4.79 Å². The summed E-state index contributed by atoms with van der Waals surface area (Å²) in [6.45, 7) is 4.58. The van der Waals surface area contributed by atoms with Crippen LogP contribution in [0.15, 0.2) is 16.8 Å². The molecule has 0 bridgehead atoms. The Labute approximate surface area is 102 Å². The largest absolute Gasteiger partial charge is 0.329 e. The average Bonchev–Trinajstić information content (AvgIpc) is 2.82. The van der Waals surface area contributed by atoms with E-state index in [4.69, 9.17) is 5.73 Å². The molecule has 0 unspecified atom stereocenters. The summed E-state index contributed by atoms with van der Waals surface area (Å²) in [7, 11) is 0. The van der Waals surface area contributed by atoms with Gasteiger partial charge in [0.05, 0.1) is 0 Å². The molecule has 1 heterocycles. The van der Waals surface area contributed by atoms with E-state index in [9.17, 15) is 4.79 Å². The Bertz CT molecular complexity index is 306. The fourth-order valence-corrected chi connectivity index (χ4v) is 2.71. The molecule has 1 rings (SSSR count). The predicted molar refractivity (Wildman–Crippen MR) is 69.7 cm³/mol. The average molecular weight is 239 g/mol. The molecule has 0 saturated carbocycles. The van der Waals surface area contributed by atoms with Crippen molar-refractivity contribution in [3.63, 3.8) is 0 Å². The molecule has 90 valence electrons. The third-order valence-corrected chi connectivity index (χ3v) is 4.29. The van der Waals surface area contributed by atoms with Crippen LogP contribution >= 0.6 is 11.3 Å². The third kappa shape index (κ3) is 2.92. The number of carbonyl (C=O) groups is 1. The normalized spacial score (nSPS) is 11.7. The zero-order chi connectivity index (χ0) is 12.0. The second-order valence-electron chi connectivity index (χ2n) is 4.25. The number of carbonyl (C=O) groups excluding carboxylic acids is 1. The highest BCUT2D eigenvalue weighted by molar-refractivity contribution is 7.07. The molecule has 3 heteroatoms. The number of hydrogen-bond acceptors (Lipinski definition) is 3. The van der Waals surface area contributed by atoms with Gasteiger partial charge in [-0.25, -0.2) is 0 Å². The lowest BCUT2D eigenvalue weighted by Gasteiger charge is -2.28. The number of Topliss-reactive ketones (excluding diaryl/α,β-unsaturated/α-hetero) is 1. The van der Waals surface area contributed by atoms with Gasteiger partial charge in [0.25, 0.3) is 0 Å². The molecule has 0 aliphatic carbocycles. The topological polar surface area (TPSA) is 43.1 Å². The van der Waals surface area contributed by atoms with Gasteiger partial charge in [-0.15, -0.1) is 0 Å². The maximum atomic E-state index is 12.2. The van der Waals surface area contributed by atoms with Crippen molar-refractivity contribution in [2.45, 2.75) is 39.5 Å². The van der Waals surface area contributed by atoms with Gasteiger partial charge in [0.15, 0.2) is 0 Å². The van der Waals surface area contributed by atoms with Gasteiger partial charge in [0.1, 0.15) is 5.78 Å². The molecule has 1 aromatic rings. The van der Waals surface area contributed by atoms with E-state index in [0.29, 0.717) is 18.7 Å². The van der Waals surface area contributed by atoms with Crippen LogP contribution in [0, 0.1) is 5.41 Å². The molecular formula is C13H21NOS. The third-order valence-electron chi connectivity index (χ3n) is 3.56. The molecule has 0 aromatic carbocycles. The van der Waals surface area contributed by atoms with Crippen LogP contribution in [-0.2, 0) is 11.2 Å². The van der Waals surface area contributed by atoms with E-state index in [1.54, 1.807) is 11.3 Å². The smallest absolute Gasteiger partial charge is 0.140 e. The fraction of sp³-hybridized carbons (Fsp3) is 0.615. The number of aryl methyl sites for hydroxylation is 1. The van der Waals surface area contributed by atoms with Crippen LogP contribution in [0.1, 0.15) is 38.7 Å². The summed E-state index contributed by atoms with van der Waals surface area (Å²) in [6, 6.07) is 2.08. The quantitative estimate of drug-likeness (QED) is 0.795. The van der Waals surface area contributed by atoms with Gasteiger partial charge in [-0.2, -0.15) is 11.3 Å². The van der Waals surface area contributed by atoms with E-state index in [2.05, 4.69) is 30.7 Å². The molecular weight excluding hydrogens is 218 g/mol. The Hall–Kier alpha value is -0.670. The molecule has 0 saturated heterocycles. The van der Waals surface area contributed by atoms with Crippen LogP contribution in [0.4, 0.5) is 0 Å². The SMILES string of the molecule is CCC(CC)(CN)C(=O)CCc1ccsc1.